The lowest BCUT2D eigenvalue weighted by Gasteiger charge is -2.08. The number of hydrogen-bond donors (Lipinski definition) is 2. The van der Waals surface area contributed by atoms with Gasteiger partial charge in [0.25, 0.3) is 0 Å². The highest BCUT2D eigenvalue weighted by Gasteiger charge is 2.16. The van der Waals surface area contributed by atoms with E-state index in [1.807, 2.05) is 48.5 Å². The third kappa shape index (κ3) is 3.38. The molecular weight excluding hydrogens is 306 g/mol. The van der Waals surface area contributed by atoms with E-state index in [1.165, 1.54) is 0 Å². The Morgan fingerprint density at radius 3 is 2.50 bits per heavy atom. The van der Waals surface area contributed by atoms with E-state index in [1.54, 1.807) is 14.2 Å². The molecule has 0 aliphatic rings. The van der Waals surface area contributed by atoms with Crippen LogP contribution in [0.4, 0.5) is 0 Å². The normalized spacial score (nSPS) is 12.0. The van der Waals surface area contributed by atoms with Gasteiger partial charge in [0, 0.05) is 6.42 Å². The van der Waals surface area contributed by atoms with Crippen molar-refractivity contribution in [2.45, 2.75) is 12.5 Å². The molecule has 1 atom stereocenters. The first-order valence-corrected chi connectivity index (χ1v) is 7.58. The molecular formula is C18H19N3O3. The first-order chi connectivity index (χ1) is 11.7. The molecule has 6 nitrogen and oxygen atoms in total. The van der Waals surface area contributed by atoms with Crippen molar-refractivity contribution in [3.63, 3.8) is 0 Å². The van der Waals surface area contributed by atoms with Crippen LogP contribution in [0.2, 0.25) is 0 Å². The Balaban J connectivity index is 1.76. The van der Waals surface area contributed by atoms with Crippen molar-refractivity contribution < 1.29 is 14.6 Å². The van der Waals surface area contributed by atoms with Gasteiger partial charge < -0.3 is 14.6 Å². The Kier molecular flexibility index (Phi) is 4.77. The summed E-state index contributed by atoms with van der Waals surface area (Å²) in [6.45, 7) is 0. The number of nitrogens with one attached hydrogen (secondary N) is 1. The Morgan fingerprint density at radius 2 is 1.79 bits per heavy atom. The molecule has 0 aliphatic carbocycles. The summed E-state index contributed by atoms with van der Waals surface area (Å²) in [6.07, 6.45) is -0.334. The molecule has 2 aromatic carbocycles. The number of rotatable bonds is 6. The third-order valence-corrected chi connectivity index (χ3v) is 3.75. The quantitative estimate of drug-likeness (QED) is 0.728. The highest BCUT2D eigenvalue weighted by Crippen LogP contribution is 2.27. The van der Waals surface area contributed by atoms with Crippen LogP contribution in [0.5, 0.6) is 11.5 Å². The van der Waals surface area contributed by atoms with Crippen molar-refractivity contribution in [3.05, 3.63) is 59.9 Å². The second-order valence-corrected chi connectivity index (χ2v) is 5.31. The van der Waals surface area contributed by atoms with Crippen LogP contribution < -0.4 is 9.47 Å². The molecule has 3 aromatic rings. The molecule has 6 heteroatoms. The first-order valence-electron chi connectivity index (χ1n) is 7.58. The number of aromatic nitrogens is 3. The summed E-state index contributed by atoms with van der Waals surface area (Å²) < 4.78 is 10.4. The van der Waals surface area contributed by atoms with Crippen LogP contribution in [-0.4, -0.2) is 34.5 Å². The molecule has 0 saturated carbocycles. The van der Waals surface area contributed by atoms with Gasteiger partial charge in [-0.05, 0) is 29.8 Å². The summed E-state index contributed by atoms with van der Waals surface area (Å²) in [5.41, 5.74) is 1.76. The standard InChI is InChI=1S/C18H19N3O3/c1-23-13-9-7-12(8-10-13)11-15(22)18-19-17(20-21-18)14-5-3-4-6-16(14)24-2/h3-10,15,22H,11H2,1-2H3,(H,19,20,21). The lowest BCUT2D eigenvalue weighted by Crippen LogP contribution is -2.04. The van der Waals surface area contributed by atoms with Crippen LogP contribution in [0, 0.1) is 0 Å². The summed E-state index contributed by atoms with van der Waals surface area (Å²) in [6, 6.07) is 15.1. The topological polar surface area (TPSA) is 80.3 Å². The number of H-pyrrole nitrogens is 1. The highest BCUT2D eigenvalue weighted by molar-refractivity contribution is 5.63. The van der Waals surface area contributed by atoms with Gasteiger partial charge in [-0.1, -0.05) is 24.3 Å². The number of ether oxygens (including phenoxy) is 2. The third-order valence-electron chi connectivity index (χ3n) is 3.75. The maximum atomic E-state index is 10.4. The van der Waals surface area contributed by atoms with Gasteiger partial charge in [0.1, 0.15) is 17.6 Å². The van der Waals surface area contributed by atoms with Gasteiger partial charge in [0.05, 0.1) is 19.8 Å². The van der Waals surface area contributed by atoms with E-state index in [0.717, 1.165) is 16.9 Å². The predicted molar refractivity (Wildman–Crippen MR) is 90.0 cm³/mol. The molecule has 0 bridgehead atoms. The van der Waals surface area contributed by atoms with Gasteiger partial charge in [-0.25, -0.2) is 4.98 Å². The van der Waals surface area contributed by atoms with Gasteiger partial charge in [-0.3, -0.25) is 5.10 Å². The maximum absolute atomic E-state index is 10.4. The lowest BCUT2D eigenvalue weighted by atomic mass is 10.1. The highest BCUT2D eigenvalue weighted by atomic mass is 16.5. The van der Waals surface area contributed by atoms with Crippen molar-refractivity contribution in [3.8, 4) is 22.9 Å². The van der Waals surface area contributed by atoms with Crippen LogP contribution >= 0.6 is 0 Å². The fraction of sp³-hybridized carbons (Fsp3) is 0.222. The van der Waals surface area contributed by atoms with Crippen LogP contribution in [0.15, 0.2) is 48.5 Å². The molecule has 24 heavy (non-hydrogen) atoms. The Labute approximate surface area is 140 Å². The van der Waals surface area contributed by atoms with Crippen molar-refractivity contribution in [2.24, 2.45) is 0 Å². The number of para-hydroxylation sites is 1. The van der Waals surface area contributed by atoms with E-state index < -0.39 is 6.10 Å². The average Bonchev–Trinajstić information content (AvgIpc) is 3.12. The summed E-state index contributed by atoms with van der Waals surface area (Å²) in [5.74, 6) is 2.39. The minimum Gasteiger partial charge on any atom is -0.497 e. The second-order valence-electron chi connectivity index (χ2n) is 5.31. The largest absolute Gasteiger partial charge is 0.497 e. The molecule has 0 amide bonds. The van der Waals surface area contributed by atoms with Crippen LogP contribution in [0.1, 0.15) is 17.5 Å². The summed E-state index contributed by atoms with van der Waals surface area (Å²) in [4.78, 5) is 4.40. The van der Waals surface area contributed by atoms with Crippen molar-refractivity contribution in [2.75, 3.05) is 14.2 Å². The molecule has 0 spiro atoms. The van der Waals surface area contributed by atoms with E-state index in [9.17, 15) is 5.11 Å². The van der Waals surface area contributed by atoms with E-state index in [-0.39, 0.29) is 0 Å². The van der Waals surface area contributed by atoms with Gasteiger partial charge in [0.2, 0.25) is 0 Å². The minimum atomic E-state index is -0.769. The fourth-order valence-electron chi connectivity index (χ4n) is 2.45. The molecule has 1 unspecified atom stereocenters. The van der Waals surface area contributed by atoms with Gasteiger partial charge in [0.15, 0.2) is 11.6 Å². The van der Waals surface area contributed by atoms with E-state index in [0.29, 0.717) is 23.8 Å². The summed E-state index contributed by atoms with van der Waals surface area (Å²) in [5, 5.41) is 17.4. The summed E-state index contributed by atoms with van der Waals surface area (Å²) in [7, 11) is 3.22. The molecule has 3 rings (SSSR count). The monoisotopic (exact) mass is 325 g/mol. The Bertz CT molecular complexity index is 799. The smallest absolute Gasteiger partial charge is 0.184 e. The van der Waals surface area contributed by atoms with Crippen LogP contribution in [-0.2, 0) is 6.42 Å². The first kappa shape index (κ1) is 16.0. The fourth-order valence-corrected chi connectivity index (χ4v) is 2.45. The second kappa shape index (κ2) is 7.14. The van der Waals surface area contributed by atoms with Crippen LogP contribution in [0.25, 0.3) is 11.4 Å². The van der Waals surface area contributed by atoms with Gasteiger partial charge >= 0.3 is 0 Å². The SMILES string of the molecule is COc1ccc(CC(O)c2nc(-c3ccccc3OC)n[nH]2)cc1. The van der Waals surface area contributed by atoms with E-state index in [4.69, 9.17) is 9.47 Å². The molecule has 2 N–H and O–H groups in total. The number of aliphatic hydroxyl groups excluding tert-OH is 1. The number of aromatic amines is 1. The van der Waals surface area contributed by atoms with Crippen LogP contribution in [0.3, 0.4) is 0 Å². The average molecular weight is 325 g/mol. The number of benzene rings is 2. The lowest BCUT2D eigenvalue weighted by molar-refractivity contribution is 0.169. The molecule has 0 aliphatic heterocycles. The number of methoxy groups -OCH3 is 2. The Morgan fingerprint density at radius 1 is 1.04 bits per heavy atom. The molecule has 0 fully saturated rings. The molecule has 1 heterocycles. The molecule has 1 aromatic heterocycles. The van der Waals surface area contributed by atoms with E-state index in [2.05, 4.69) is 15.2 Å². The molecule has 124 valence electrons. The zero-order valence-electron chi connectivity index (χ0n) is 13.6. The molecule has 0 saturated heterocycles. The van der Waals surface area contributed by atoms with Crippen molar-refractivity contribution >= 4 is 0 Å². The summed E-state index contributed by atoms with van der Waals surface area (Å²) >= 11 is 0. The van der Waals surface area contributed by atoms with Crippen molar-refractivity contribution in [1.29, 1.82) is 0 Å². The zero-order valence-corrected chi connectivity index (χ0v) is 13.6. The number of aliphatic hydroxyl groups is 1. The number of hydrogen-bond acceptors (Lipinski definition) is 5. The maximum Gasteiger partial charge on any atom is 0.184 e. The van der Waals surface area contributed by atoms with Gasteiger partial charge in [-0.2, -0.15) is 5.10 Å². The number of nitrogens with zero attached hydrogens (tertiary/aromatic N) is 2. The molecule has 0 radical (unpaired) electrons. The van der Waals surface area contributed by atoms with Gasteiger partial charge in [-0.15, -0.1) is 0 Å². The zero-order chi connectivity index (χ0) is 16.9. The van der Waals surface area contributed by atoms with Crippen molar-refractivity contribution in [1.82, 2.24) is 15.2 Å². The Hall–Kier alpha value is -2.86. The minimum absolute atomic E-state index is 0.423. The predicted octanol–water partition coefficient (Wildman–Crippen LogP) is 2.77. The van der Waals surface area contributed by atoms with E-state index >= 15 is 0 Å².